The summed E-state index contributed by atoms with van der Waals surface area (Å²) in [7, 11) is 0. The van der Waals surface area contributed by atoms with Gasteiger partial charge in [-0.25, -0.2) is 0 Å². The van der Waals surface area contributed by atoms with Crippen molar-refractivity contribution in [3.05, 3.63) is 48.7 Å². The first kappa shape index (κ1) is 12.3. The number of hydrogen-bond donors (Lipinski definition) is 0. The van der Waals surface area contributed by atoms with E-state index in [1.165, 1.54) is 18.3 Å². The summed E-state index contributed by atoms with van der Waals surface area (Å²) in [4.78, 5) is 3.88. The van der Waals surface area contributed by atoms with Crippen LogP contribution in [0.3, 0.4) is 0 Å². The Morgan fingerprint density at radius 3 is 2.61 bits per heavy atom. The molecule has 94 valence electrons. The standard InChI is InChI=1S/C12H7F4NO/c13-10(14)7-12(15,16)18-9-5-1-3-8-4-2-6-17-11(8)9/h1-7H. The molecule has 0 aliphatic rings. The summed E-state index contributed by atoms with van der Waals surface area (Å²) >= 11 is 0. The molecule has 0 aliphatic heterocycles. The smallest absolute Gasteiger partial charge is 0.425 e. The first-order chi connectivity index (χ1) is 8.48. The molecule has 1 aromatic heterocycles. The molecule has 0 atom stereocenters. The lowest BCUT2D eigenvalue weighted by Gasteiger charge is -2.14. The van der Waals surface area contributed by atoms with Gasteiger partial charge in [0.05, 0.1) is 6.08 Å². The van der Waals surface area contributed by atoms with Gasteiger partial charge in [0.25, 0.3) is 6.08 Å². The van der Waals surface area contributed by atoms with Crippen molar-refractivity contribution in [1.82, 2.24) is 4.98 Å². The van der Waals surface area contributed by atoms with E-state index in [0.29, 0.717) is 5.39 Å². The fourth-order valence-corrected chi connectivity index (χ4v) is 1.46. The maximum Gasteiger partial charge on any atom is 0.425 e. The van der Waals surface area contributed by atoms with E-state index in [1.54, 1.807) is 18.2 Å². The number of fused-ring (bicyclic) bond motifs is 1. The summed E-state index contributed by atoms with van der Waals surface area (Å²) in [6.07, 6.45) is -5.73. The molecular weight excluding hydrogens is 250 g/mol. The normalized spacial score (nSPS) is 11.3. The predicted molar refractivity (Wildman–Crippen MR) is 57.6 cm³/mol. The average Bonchev–Trinajstić information content (AvgIpc) is 2.27. The molecule has 2 aromatic rings. The maximum atomic E-state index is 13.1. The molecular formula is C12H7F4NO. The van der Waals surface area contributed by atoms with Crippen LogP contribution in [-0.2, 0) is 0 Å². The van der Waals surface area contributed by atoms with Crippen molar-refractivity contribution in [1.29, 1.82) is 0 Å². The second kappa shape index (κ2) is 4.64. The molecule has 0 bridgehead atoms. The van der Waals surface area contributed by atoms with Crippen molar-refractivity contribution >= 4 is 10.9 Å². The number of hydrogen-bond acceptors (Lipinski definition) is 2. The monoisotopic (exact) mass is 257 g/mol. The van der Waals surface area contributed by atoms with Crippen LogP contribution in [0.5, 0.6) is 5.75 Å². The Bertz CT molecular complexity index is 588. The van der Waals surface area contributed by atoms with E-state index in [0.717, 1.165) is 0 Å². The van der Waals surface area contributed by atoms with Gasteiger partial charge >= 0.3 is 6.11 Å². The van der Waals surface area contributed by atoms with Crippen molar-refractivity contribution < 1.29 is 22.3 Å². The molecule has 2 rings (SSSR count). The SMILES string of the molecule is FC(F)=CC(F)(F)Oc1cccc2cccnc12. The number of para-hydroxylation sites is 1. The minimum atomic E-state index is -4.08. The molecule has 0 radical (unpaired) electrons. The minimum absolute atomic E-state index is 0.187. The van der Waals surface area contributed by atoms with Crippen LogP contribution in [-0.4, -0.2) is 11.1 Å². The summed E-state index contributed by atoms with van der Waals surface area (Å²) in [5.74, 6) is -0.254. The summed E-state index contributed by atoms with van der Waals surface area (Å²) in [5.41, 5.74) is 0.187. The van der Waals surface area contributed by atoms with E-state index in [4.69, 9.17) is 0 Å². The van der Waals surface area contributed by atoms with Gasteiger partial charge in [-0.05, 0) is 12.1 Å². The molecule has 0 fully saturated rings. The molecule has 0 spiro atoms. The highest BCUT2D eigenvalue weighted by atomic mass is 19.3. The van der Waals surface area contributed by atoms with Crippen molar-refractivity contribution in [2.24, 2.45) is 0 Å². The molecule has 0 amide bonds. The Morgan fingerprint density at radius 2 is 1.89 bits per heavy atom. The van der Waals surface area contributed by atoms with Crippen LogP contribution in [0, 0.1) is 0 Å². The van der Waals surface area contributed by atoms with Gasteiger partial charge in [0, 0.05) is 11.6 Å². The Hall–Kier alpha value is -2.11. The highest BCUT2D eigenvalue weighted by Gasteiger charge is 2.31. The average molecular weight is 257 g/mol. The Balaban J connectivity index is 2.41. The van der Waals surface area contributed by atoms with Gasteiger partial charge in [0.15, 0.2) is 5.75 Å². The zero-order valence-electron chi connectivity index (χ0n) is 8.91. The van der Waals surface area contributed by atoms with Crippen molar-refractivity contribution in [3.63, 3.8) is 0 Å². The Kier molecular flexibility index (Phi) is 3.18. The molecule has 1 aromatic carbocycles. The van der Waals surface area contributed by atoms with Gasteiger partial charge < -0.3 is 4.74 Å². The van der Waals surface area contributed by atoms with E-state index in [-0.39, 0.29) is 11.3 Å². The minimum Gasteiger partial charge on any atom is -0.427 e. The quantitative estimate of drug-likeness (QED) is 0.776. The second-order valence-electron chi connectivity index (χ2n) is 3.43. The molecule has 0 saturated heterocycles. The van der Waals surface area contributed by atoms with Crippen LogP contribution >= 0.6 is 0 Å². The summed E-state index contributed by atoms with van der Waals surface area (Å²) in [6.45, 7) is 0. The first-order valence-electron chi connectivity index (χ1n) is 4.92. The number of nitrogens with zero attached hydrogens (tertiary/aromatic N) is 1. The number of rotatable bonds is 3. The molecule has 18 heavy (non-hydrogen) atoms. The van der Waals surface area contributed by atoms with E-state index in [9.17, 15) is 17.6 Å². The largest absolute Gasteiger partial charge is 0.427 e. The lowest BCUT2D eigenvalue weighted by atomic mass is 10.2. The van der Waals surface area contributed by atoms with Gasteiger partial charge in [-0.2, -0.15) is 17.6 Å². The highest BCUT2D eigenvalue weighted by Crippen LogP contribution is 2.29. The van der Waals surface area contributed by atoms with E-state index < -0.39 is 18.3 Å². The van der Waals surface area contributed by atoms with E-state index >= 15 is 0 Å². The molecule has 2 nitrogen and oxygen atoms in total. The van der Waals surface area contributed by atoms with Gasteiger partial charge in [-0.1, -0.05) is 18.2 Å². The third-order valence-corrected chi connectivity index (χ3v) is 2.12. The second-order valence-corrected chi connectivity index (χ2v) is 3.43. The number of alkyl halides is 2. The molecule has 0 N–H and O–H groups in total. The van der Waals surface area contributed by atoms with Crippen LogP contribution in [0.15, 0.2) is 48.7 Å². The van der Waals surface area contributed by atoms with E-state index in [1.807, 2.05) is 0 Å². The zero-order valence-corrected chi connectivity index (χ0v) is 8.91. The van der Waals surface area contributed by atoms with Gasteiger partial charge in [-0.3, -0.25) is 4.98 Å². The van der Waals surface area contributed by atoms with Crippen LogP contribution < -0.4 is 4.74 Å². The van der Waals surface area contributed by atoms with Crippen molar-refractivity contribution in [2.45, 2.75) is 6.11 Å². The molecule has 0 aliphatic carbocycles. The Labute approximate surface area is 99.5 Å². The van der Waals surface area contributed by atoms with E-state index in [2.05, 4.69) is 9.72 Å². The van der Waals surface area contributed by atoms with Gasteiger partial charge in [-0.15, -0.1) is 0 Å². The van der Waals surface area contributed by atoms with Gasteiger partial charge in [0.1, 0.15) is 5.52 Å². The number of pyridine rings is 1. The lowest BCUT2D eigenvalue weighted by Crippen LogP contribution is -2.21. The summed E-state index contributed by atoms with van der Waals surface area (Å²) in [6, 6.07) is 7.65. The number of ether oxygens (including phenoxy) is 1. The van der Waals surface area contributed by atoms with Gasteiger partial charge in [0.2, 0.25) is 0 Å². The number of halogens is 4. The van der Waals surface area contributed by atoms with Crippen LogP contribution in [0.4, 0.5) is 17.6 Å². The van der Waals surface area contributed by atoms with Crippen LogP contribution in [0.25, 0.3) is 10.9 Å². The summed E-state index contributed by atoms with van der Waals surface area (Å²) < 4.78 is 54.1. The lowest BCUT2D eigenvalue weighted by molar-refractivity contribution is -0.133. The molecule has 6 heteroatoms. The van der Waals surface area contributed by atoms with Crippen molar-refractivity contribution in [3.8, 4) is 5.75 Å². The molecule has 0 saturated carbocycles. The zero-order chi connectivity index (χ0) is 13.2. The third-order valence-electron chi connectivity index (χ3n) is 2.12. The highest BCUT2D eigenvalue weighted by molar-refractivity contribution is 5.84. The molecule has 0 unspecified atom stereocenters. The number of aromatic nitrogens is 1. The predicted octanol–water partition coefficient (Wildman–Crippen LogP) is 3.99. The van der Waals surface area contributed by atoms with Crippen LogP contribution in [0.1, 0.15) is 0 Å². The maximum absolute atomic E-state index is 13.1. The summed E-state index contributed by atoms with van der Waals surface area (Å²) in [5, 5.41) is 0.579. The Morgan fingerprint density at radius 1 is 1.17 bits per heavy atom. The first-order valence-corrected chi connectivity index (χ1v) is 4.92. The third kappa shape index (κ3) is 2.77. The fraction of sp³-hybridized carbons (Fsp3) is 0.0833. The van der Waals surface area contributed by atoms with Crippen molar-refractivity contribution in [2.75, 3.05) is 0 Å². The topological polar surface area (TPSA) is 22.1 Å². The molecule has 1 heterocycles. The fourth-order valence-electron chi connectivity index (χ4n) is 1.46. The van der Waals surface area contributed by atoms with Crippen LogP contribution in [0.2, 0.25) is 0 Å². The number of benzene rings is 1.